The van der Waals surface area contributed by atoms with E-state index in [1.165, 1.54) is 17.0 Å². The highest BCUT2D eigenvalue weighted by Gasteiger charge is 2.40. The first-order valence-corrected chi connectivity index (χ1v) is 7.80. The number of carbonyl (C=O) groups excluding carboxylic acids is 1. The number of hydrogen-bond donors (Lipinski definition) is 1. The van der Waals surface area contributed by atoms with Crippen LogP contribution >= 0.6 is 0 Å². The quantitative estimate of drug-likeness (QED) is 0.942. The van der Waals surface area contributed by atoms with E-state index < -0.39 is 17.7 Å². The van der Waals surface area contributed by atoms with Gasteiger partial charge in [0.2, 0.25) is 0 Å². The van der Waals surface area contributed by atoms with Crippen molar-refractivity contribution in [1.82, 2.24) is 4.90 Å². The number of carboxylic acids is 1. The second kappa shape index (κ2) is 6.43. The smallest absolute Gasteiger partial charge is 0.308 e. The number of aliphatic carboxylic acids is 1. The highest BCUT2D eigenvalue weighted by atomic mass is 19.1. The van der Waals surface area contributed by atoms with Crippen LogP contribution in [0.4, 0.5) is 4.39 Å². The van der Waals surface area contributed by atoms with Crippen LogP contribution < -0.4 is 0 Å². The van der Waals surface area contributed by atoms with E-state index in [0.717, 1.165) is 5.56 Å². The lowest BCUT2D eigenvalue weighted by atomic mass is 9.89. The highest BCUT2D eigenvalue weighted by molar-refractivity contribution is 5.95. The van der Waals surface area contributed by atoms with Crippen molar-refractivity contribution in [3.63, 3.8) is 0 Å². The molecular weight excluding hydrogens is 309 g/mol. The lowest BCUT2D eigenvalue weighted by molar-refractivity contribution is -0.141. The molecule has 5 heteroatoms. The first kappa shape index (κ1) is 16.2. The summed E-state index contributed by atoms with van der Waals surface area (Å²) in [4.78, 5) is 25.8. The minimum absolute atomic E-state index is 0.128. The molecule has 1 aliphatic rings. The zero-order valence-corrected chi connectivity index (χ0v) is 13.3. The summed E-state index contributed by atoms with van der Waals surface area (Å²) in [6.45, 7) is 2.16. The Morgan fingerprint density at radius 1 is 1.12 bits per heavy atom. The van der Waals surface area contributed by atoms with Crippen molar-refractivity contribution in [1.29, 1.82) is 0 Å². The van der Waals surface area contributed by atoms with E-state index in [4.69, 9.17) is 0 Å². The number of carboxylic acid groups (broad SMARTS) is 1. The van der Waals surface area contributed by atoms with Gasteiger partial charge in [0, 0.05) is 24.6 Å². The van der Waals surface area contributed by atoms with Crippen LogP contribution in [-0.2, 0) is 4.79 Å². The summed E-state index contributed by atoms with van der Waals surface area (Å²) in [5, 5.41) is 9.51. The fraction of sp³-hybridized carbons (Fsp3) is 0.263. The molecule has 0 spiro atoms. The number of aryl methyl sites for hydroxylation is 1. The lowest BCUT2D eigenvalue weighted by Gasteiger charge is -2.17. The van der Waals surface area contributed by atoms with E-state index in [1.54, 1.807) is 13.0 Å². The minimum atomic E-state index is -0.922. The van der Waals surface area contributed by atoms with Crippen molar-refractivity contribution in [2.45, 2.75) is 12.8 Å². The Bertz CT molecular complexity index is 755. The molecule has 1 fully saturated rings. The zero-order chi connectivity index (χ0) is 17.3. The fourth-order valence-electron chi connectivity index (χ4n) is 3.30. The number of nitrogens with zero attached hydrogens (tertiary/aromatic N) is 1. The number of likely N-dealkylation sites (tertiary alicyclic amines) is 1. The van der Waals surface area contributed by atoms with Gasteiger partial charge in [-0.2, -0.15) is 0 Å². The van der Waals surface area contributed by atoms with Crippen molar-refractivity contribution in [3.05, 3.63) is 71.0 Å². The maximum Gasteiger partial charge on any atom is 0.308 e. The maximum atomic E-state index is 13.6. The number of carbonyl (C=O) groups is 2. The summed E-state index contributed by atoms with van der Waals surface area (Å²) in [6, 6.07) is 13.5. The summed E-state index contributed by atoms with van der Waals surface area (Å²) >= 11 is 0. The molecule has 0 unspecified atom stereocenters. The molecule has 1 heterocycles. The molecule has 4 nitrogen and oxygen atoms in total. The van der Waals surface area contributed by atoms with Crippen LogP contribution in [0.2, 0.25) is 0 Å². The molecule has 0 aromatic heterocycles. The van der Waals surface area contributed by atoms with Gasteiger partial charge in [-0.3, -0.25) is 9.59 Å². The van der Waals surface area contributed by atoms with Crippen molar-refractivity contribution in [2.75, 3.05) is 13.1 Å². The van der Waals surface area contributed by atoms with Gasteiger partial charge < -0.3 is 10.0 Å². The fourth-order valence-corrected chi connectivity index (χ4v) is 3.30. The van der Waals surface area contributed by atoms with E-state index >= 15 is 0 Å². The number of amides is 1. The van der Waals surface area contributed by atoms with E-state index in [0.29, 0.717) is 12.1 Å². The summed E-state index contributed by atoms with van der Waals surface area (Å²) in [6.07, 6.45) is 0. The molecular formula is C19H18FNO3. The number of halogens is 1. The van der Waals surface area contributed by atoms with Gasteiger partial charge in [0.05, 0.1) is 5.92 Å². The monoisotopic (exact) mass is 327 g/mol. The van der Waals surface area contributed by atoms with Crippen molar-refractivity contribution in [2.24, 2.45) is 5.92 Å². The number of hydrogen-bond acceptors (Lipinski definition) is 2. The highest BCUT2D eigenvalue weighted by Crippen LogP contribution is 2.33. The molecule has 0 radical (unpaired) electrons. The second-order valence-electron chi connectivity index (χ2n) is 6.19. The van der Waals surface area contributed by atoms with Crippen LogP contribution in [0.5, 0.6) is 0 Å². The first-order valence-electron chi connectivity index (χ1n) is 7.80. The molecule has 2 aromatic carbocycles. The molecule has 0 aliphatic carbocycles. The van der Waals surface area contributed by atoms with Crippen LogP contribution in [0, 0.1) is 18.7 Å². The molecule has 2 atom stereocenters. The van der Waals surface area contributed by atoms with E-state index in [9.17, 15) is 19.1 Å². The van der Waals surface area contributed by atoms with Crippen LogP contribution in [0.25, 0.3) is 0 Å². The largest absolute Gasteiger partial charge is 0.481 e. The summed E-state index contributed by atoms with van der Waals surface area (Å²) in [5.74, 6) is -2.64. The third-order valence-electron chi connectivity index (χ3n) is 4.44. The molecule has 1 aliphatic heterocycles. The average molecular weight is 327 g/mol. The third-order valence-corrected chi connectivity index (χ3v) is 4.44. The van der Waals surface area contributed by atoms with Gasteiger partial charge in [0.1, 0.15) is 5.82 Å². The van der Waals surface area contributed by atoms with Gasteiger partial charge in [-0.05, 0) is 36.2 Å². The van der Waals surface area contributed by atoms with E-state index in [1.807, 2.05) is 30.3 Å². The van der Waals surface area contributed by atoms with Gasteiger partial charge in [-0.15, -0.1) is 0 Å². The summed E-state index contributed by atoms with van der Waals surface area (Å²) < 4.78 is 13.6. The van der Waals surface area contributed by atoms with E-state index in [2.05, 4.69) is 0 Å². The Labute approximate surface area is 139 Å². The molecule has 3 rings (SSSR count). The van der Waals surface area contributed by atoms with Crippen LogP contribution in [0.15, 0.2) is 48.5 Å². The van der Waals surface area contributed by atoms with Gasteiger partial charge in [0.15, 0.2) is 0 Å². The molecule has 1 amide bonds. The average Bonchev–Trinajstić information content (AvgIpc) is 2.99. The minimum Gasteiger partial charge on any atom is -0.481 e. The zero-order valence-electron chi connectivity index (χ0n) is 13.3. The van der Waals surface area contributed by atoms with Crippen molar-refractivity contribution in [3.8, 4) is 0 Å². The molecule has 0 bridgehead atoms. The van der Waals surface area contributed by atoms with Crippen LogP contribution in [0.1, 0.15) is 27.4 Å². The Hall–Kier alpha value is -2.69. The SMILES string of the molecule is Cc1cc(F)cc(C(=O)N2C[C@H](C(=O)O)[C@H](c3ccccc3)C2)c1. The molecule has 124 valence electrons. The van der Waals surface area contributed by atoms with Crippen molar-refractivity contribution < 1.29 is 19.1 Å². The van der Waals surface area contributed by atoms with Gasteiger partial charge >= 0.3 is 5.97 Å². The van der Waals surface area contributed by atoms with Crippen LogP contribution in [-0.4, -0.2) is 35.0 Å². The standard InChI is InChI=1S/C19H18FNO3/c1-12-7-14(9-15(20)8-12)18(22)21-10-16(17(11-21)19(23)24)13-5-3-2-4-6-13/h2-9,16-17H,10-11H2,1H3,(H,23,24)/t16-,17-/m0/s1. The molecule has 1 N–H and O–H groups in total. The summed E-state index contributed by atoms with van der Waals surface area (Å²) in [5.41, 5.74) is 1.81. The van der Waals surface area contributed by atoms with Gasteiger partial charge in [-0.1, -0.05) is 30.3 Å². The van der Waals surface area contributed by atoms with Crippen LogP contribution in [0.3, 0.4) is 0 Å². The lowest BCUT2D eigenvalue weighted by Crippen LogP contribution is -2.30. The molecule has 2 aromatic rings. The van der Waals surface area contributed by atoms with Gasteiger partial charge in [0.25, 0.3) is 5.91 Å². The number of benzene rings is 2. The molecule has 1 saturated heterocycles. The third kappa shape index (κ3) is 3.15. The van der Waals surface area contributed by atoms with Gasteiger partial charge in [-0.25, -0.2) is 4.39 Å². The summed E-state index contributed by atoms with van der Waals surface area (Å²) in [7, 11) is 0. The Morgan fingerprint density at radius 3 is 2.46 bits per heavy atom. The Balaban J connectivity index is 1.87. The Kier molecular flexibility index (Phi) is 4.34. The van der Waals surface area contributed by atoms with Crippen molar-refractivity contribution >= 4 is 11.9 Å². The molecule has 24 heavy (non-hydrogen) atoms. The predicted octanol–water partition coefficient (Wildman–Crippen LogP) is 3.07. The topological polar surface area (TPSA) is 57.6 Å². The maximum absolute atomic E-state index is 13.6. The first-order chi connectivity index (χ1) is 11.5. The normalized spacial score (nSPS) is 20.2. The van der Waals surface area contributed by atoms with E-state index in [-0.39, 0.29) is 23.9 Å². The molecule has 0 saturated carbocycles. The predicted molar refractivity (Wildman–Crippen MR) is 87.3 cm³/mol. The number of rotatable bonds is 3. The Morgan fingerprint density at radius 2 is 1.83 bits per heavy atom. The second-order valence-corrected chi connectivity index (χ2v) is 6.19.